The number of ether oxygens (including phenoxy) is 4. The van der Waals surface area contributed by atoms with E-state index in [0.717, 1.165) is 42.1 Å². The average molecular weight is 482 g/mol. The van der Waals surface area contributed by atoms with Crippen LogP contribution in [-0.2, 0) is 17.8 Å². The Bertz CT molecular complexity index is 1060. The van der Waals surface area contributed by atoms with Gasteiger partial charge in [-0.05, 0) is 48.7 Å². The Morgan fingerprint density at radius 2 is 2.06 bits per heavy atom. The molecule has 0 spiro atoms. The Hall–Kier alpha value is -3.07. The van der Waals surface area contributed by atoms with Crippen LogP contribution in [0.15, 0.2) is 61.2 Å². The van der Waals surface area contributed by atoms with E-state index in [-0.39, 0.29) is 13.2 Å². The number of β-amino-alcohol motifs (C(OH)–C–C–N with tert-alkyl or cyclic N) is 1. The van der Waals surface area contributed by atoms with Gasteiger partial charge in [-0.3, -0.25) is 4.90 Å². The predicted octanol–water partition coefficient (Wildman–Crippen LogP) is 3.31. The van der Waals surface area contributed by atoms with Gasteiger partial charge in [-0.2, -0.15) is 0 Å². The van der Waals surface area contributed by atoms with Gasteiger partial charge >= 0.3 is 0 Å². The summed E-state index contributed by atoms with van der Waals surface area (Å²) in [5.74, 6) is 2.18. The molecule has 1 saturated heterocycles. The fourth-order valence-electron chi connectivity index (χ4n) is 4.18. The summed E-state index contributed by atoms with van der Waals surface area (Å²) in [7, 11) is 1.65. The topological polar surface area (TPSA) is 78.2 Å². The molecule has 0 radical (unpaired) electrons. The van der Waals surface area contributed by atoms with Gasteiger partial charge in [0, 0.05) is 38.6 Å². The number of aryl methyl sites for hydroxylation is 2. The summed E-state index contributed by atoms with van der Waals surface area (Å²) in [6.07, 6.45) is 6.40. The average Bonchev–Trinajstić information content (AvgIpc) is 3.30. The van der Waals surface area contributed by atoms with Crippen molar-refractivity contribution in [3.8, 4) is 17.2 Å². The van der Waals surface area contributed by atoms with Crippen molar-refractivity contribution in [2.45, 2.75) is 32.0 Å². The van der Waals surface area contributed by atoms with E-state index in [1.807, 2.05) is 60.2 Å². The largest absolute Gasteiger partial charge is 0.493 e. The van der Waals surface area contributed by atoms with Crippen LogP contribution in [0.4, 0.5) is 0 Å². The van der Waals surface area contributed by atoms with Crippen LogP contribution in [0, 0.1) is 6.92 Å². The van der Waals surface area contributed by atoms with Gasteiger partial charge in [0.1, 0.15) is 18.0 Å². The SMILES string of the molecule is COc1cc(CN2CCOC[C@](O)(COc3cccc(C)c3)C2)ccc1OCCCn1ccnc1. The number of imidazole rings is 1. The quantitative estimate of drug-likeness (QED) is 0.421. The zero-order valence-electron chi connectivity index (χ0n) is 20.6. The van der Waals surface area contributed by atoms with E-state index in [2.05, 4.69) is 9.88 Å². The first-order valence-electron chi connectivity index (χ1n) is 12.0. The number of methoxy groups -OCH3 is 1. The molecule has 3 aromatic rings. The highest BCUT2D eigenvalue weighted by Crippen LogP contribution is 2.29. The normalized spacial score (nSPS) is 18.7. The number of rotatable bonds is 11. The van der Waals surface area contributed by atoms with Crippen LogP contribution >= 0.6 is 0 Å². The highest BCUT2D eigenvalue weighted by atomic mass is 16.5. The van der Waals surface area contributed by atoms with Gasteiger partial charge in [-0.15, -0.1) is 0 Å². The van der Waals surface area contributed by atoms with Crippen molar-refractivity contribution < 1.29 is 24.1 Å². The fourth-order valence-corrected chi connectivity index (χ4v) is 4.18. The van der Waals surface area contributed by atoms with Crippen LogP contribution in [0.25, 0.3) is 0 Å². The minimum Gasteiger partial charge on any atom is -0.493 e. The van der Waals surface area contributed by atoms with Gasteiger partial charge in [0.15, 0.2) is 11.5 Å². The molecule has 1 aromatic heterocycles. The second kappa shape index (κ2) is 12.1. The van der Waals surface area contributed by atoms with E-state index in [1.165, 1.54) is 0 Å². The van der Waals surface area contributed by atoms with E-state index >= 15 is 0 Å². The lowest BCUT2D eigenvalue weighted by Gasteiger charge is -2.30. The molecule has 2 aromatic carbocycles. The minimum atomic E-state index is -1.09. The number of hydrogen-bond acceptors (Lipinski definition) is 7. The van der Waals surface area contributed by atoms with Crippen LogP contribution in [0.3, 0.4) is 0 Å². The molecule has 0 unspecified atom stereocenters. The van der Waals surface area contributed by atoms with Crippen LogP contribution in [0.2, 0.25) is 0 Å². The van der Waals surface area contributed by atoms with Gasteiger partial charge in [-0.1, -0.05) is 18.2 Å². The molecule has 0 amide bonds. The van der Waals surface area contributed by atoms with Crippen LogP contribution in [0.1, 0.15) is 17.5 Å². The summed E-state index contributed by atoms with van der Waals surface area (Å²) in [6, 6.07) is 13.8. The second-order valence-electron chi connectivity index (χ2n) is 9.08. The number of hydrogen-bond donors (Lipinski definition) is 1. The highest BCUT2D eigenvalue weighted by molar-refractivity contribution is 5.43. The van der Waals surface area contributed by atoms with Crippen molar-refractivity contribution >= 4 is 0 Å². The predicted molar refractivity (Wildman–Crippen MR) is 133 cm³/mol. The first-order valence-corrected chi connectivity index (χ1v) is 12.0. The molecule has 188 valence electrons. The van der Waals surface area contributed by atoms with E-state index in [4.69, 9.17) is 18.9 Å². The van der Waals surface area contributed by atoms with Crippen molar-refractivity contribution in [1.29, 1.82) is 0 Å². The Kier molecular flexibility index (Phi) is 8.63. The summed E-state index contributed by atoms with van der Waals surface area (Å²) in [6.45, 7) is 6.26. The first-order chi connectivity index (χ1) is 17.0. The van der Waals surface area contributed by atoms with Gasteiger partial charge in [0.05, 0.1) is 33.3 Å². The third-order valence-electron chi connectivity index (χ3n) is 5.95. The number of aromatic nitrogens is 2. The summed E-state index contributed by atoms with van der Waals surface area (Å²) >= 11 is 0. The summed E-state index contributed by atoms with van der Waals surface area (Å²) in [5.41, 5.74) is 1.10. The maximum Gasteiger partial charge on any atom is 0.161 e. The van der Waals surface area contributed by atoms with Gasteiger partial charge in [0.25, 0.3) is 0 Å². The molecule has 1 N–H and O–H groups in total. The van der Waals surface area contributed by atoms with E-state index in [1.54, 1.807) is 19.6 Å². The van der Waals surface area contributed by atoms with Gasteiger partial charge < -0.3 is 28.6 Å². The monoisotopic (exact) mass is 481 g/mol. The molecule has 1 atom stereocenters. The molecule has 2 heterocycles. The molecule has 35 heavy (non-hydrogen) atoms. The Balaban J connectivity index is 1.32. The first kappa shape index (κ1) is 25.0. The fraction of sp³-hybridized carbons (Fsp3) is 0.444. The van der Waals surface area contributed by atoms with Gasteiger partial charge in [0.2, 0.25) is 0 Å². The molecule has 8 nitrogen and oxygen atoms in total. The molecule has 8 heteroatoms. The van der Waals surface area contributed by atoms with Gasteiger partial charge in [-0.25, -0.2) is 4.98 Å². The maximum atomic E-state index is 11.2. The smallest absolute Gasteiger partial charge is 0.161 e. The lowest BCUT2D eigenvalue weighted by Crippen LogP contribution is -2.48. The van der Waals surface area contributed by atoms with E-state index in [0.29, 0.717) is 32.1 Å². The standard InChI is InChI=1S/C27H35N3O5/c1-22-5-3-6-24(15-22)35-20-27(31)18-30(12-14-33-19-27)17-23-7-8-25(26(16-23)32-2)34-13-4-10-29-11-9-28-21-29/h3,5-9,11,15-16,21,31H,4,10,12-14,17-20H2,1-2H3/t27-/m0/s1. The van der Waals surface area contributed by atoms with Crippen molar-refractivity contribution in [2.24, 2.45) is 0 Å². The van der Waals surface area contributed by atoms with E-state index < -0.39 is 5.60 Å². The van der Waals surface area contributed by atoms with Crippen LogP contribution in [0.5, 0.6) is 17.2 Å². The summed E-state index contributed by atoms with van der Waals surface area (Å²) < 4.78 is 25.2. The zero-order valence-corrected chi connectivity index (χ0v) is 20.6. The number of nitrogens with zero attached hydrogens (tertiary/aromatic N) is 3. The Labute approximate surface area is 207 Å². The molecule has 1 aliphatic heterocycles. The van der Waals surface area contributed by atoms with E-state index in [9.17, 15) is 5.11 Å². The van der Waals surface area contributed by atoms with Crippen molar-refractivity contribution in [2.75, 3.05) is 46.6 Å². The van der Waals surface area contributed by atoms with Crippen LogP contribution < -0.4 is 14.2 Å². The minimum absolute atomic E-state index is 0.169. The zero-order chi connectivity index (χ0) is 24.5. The summed E-state index contributed by atoms with van der Waals surface area (Å²) in [4.78, 5) is 6.24. The lowest BCUT2D eigenvalue weighted by molar-refractivity contribution is -0.0646. The molecule has 1 aliphatic rings. The van der Waals surface area contributed by atoms with Crippen LogP contribution in [-0.4, -0.2) is 71.8 Å². The molecule has 0 bridgehead atoms. The molecule has 0 aliphatic carbocycles. The third kappa shape index (κ3) is 7.45. The third-order valence-corrected chi connectivity index (χ3v) is 5.95. The lowest BCUT2D eigenvalue weighted by atomic mass is 10.1. The molecule has 0 saturated carbocycles. The second-order valence-corrected chi connectivity index (χ2v) is 9.08. The van der Waals surface area contributed by atoms with Crippen molar-refractivity contribution in [3.63, 3.8) is 0 Å². The molecular formula is C27H35N3O5. The molecule has 1 fully saturated rings. The molecular weight excluding hydrogens is 446 g/mol. The number of aliphatic hydroxyl groups is 1. The molecule has 4 rings (SSSR count). The van der Waals surface area contributed by atoms with Crippen molar-refractivity contribution in [3.05, 3.63) is 72.3 Å². The highest BCUT2D eigenvalue weighted by Gasteiger charge is 2.33. The Morgan fingerprint density at radius 3 is 2.86 bits per heavy atom. The maximum absolute atomic E-state index is 11.2. The summed E-state index contributed by atoms with van der Waals surface area (Å²) in [5, 5.41) is 11.2. The van der Waals surface area contributed by atoms with Crippen molar-refractivity contribution in [1.82, 2.24) is 14.5 Å². The number of benzene rings is 2. The Morgan fingerprint density at radius 1 is 1.14 bits per heavy atom.